The molecule has 0 aliphatic heterocycles. The van der Waals surface area contributed by atoms with Crippen LogP contribution in [0.2, 0.25) is 0 Å². The van der Waals surface area contributed by atoms with Gasteiger partial charge in [0.05, 0.1) is 12.2 Å². The van der Waals surface area contributed by atoms with E-state index in [0.717, 1.165) is 12.5 Å². The SMILES string of the molecule is CC(C)(C)OCC1CCCCC1. The molecule has 0 bridgehead atoms. The Balaban J connectivity index is 2.13. The quantitative estimate of drug-likeness (QED) is 0.617. The van der Waals surface area contributed by atoms with Crippen molar-refractivity contribution < 1.29 is 4.74 Å². The third-order valence-corrected chi connectivity index (χ3v) is 2.48. The lowest BCUT2D eigenvalue weighted by molar-refractivity contribution is -0.0277. The summed E-state index contributed by atoms with van der Waals surface area (Å²) in [7, 11) is 0. The van der Waals surface area contributed by atoms with Crippen LogP contribution in [-0.2, 0) is 4.74 Å². The zero-order valence-corrected chi connectivity index (χ0v) is 8.73. The van der Waals surface area contributed by atoms with Crippen molar-refractivity contribution in [1.82, 2.24) is 0 Å². The van der Waals surface area contributed by atoms with Crippen LogP contribution in [0.4, 0.5) is 0 Å². The van der Waals surface area contributed by atoms with Gasteiger partial charge in [0.2, 0.25) is 0 Å². The van der Waals surface area contributed by atoms with Crippen LogP contribution in [0.3, 0.4) is 0 Å². The molecule has 1 heteroatoms. The number of rotatable bonds is 2. The maximum atomic E-state index is 5.77. The first-order valence-corrected chi connectivity index (χ1v) is 5.22. The highest BCUT2D eigenvalue weighted by molar-refractivity contribution is 4.67. The molecule has 0 saturated heterocycles. The van der Waals surface area contributed by atoms with Gasteiger partial charge in [0.15, 0.2) is 0 Å². The maximum Gasteiger partial charge on any atom is 0.0598 e. The molecule has 1 saturated carbocycles. The van der Waals surface area contributed by atoms with E-state index in [9.17, 15) is 0 Å². The molecule has 0 amide bonds. The average molecular weight is 170 g/mol. The first-order valence-electron chi connectivity index (χ1n) is 5.22. The normalized spacial score (nSPS) is 21.2. The fourth-order valence-corrected chi connectivity index (χ4v) is 1.72. The molecule has 12 heavy (non-hydrogen) atoms. The molecule has 1 nitrogen and oxygen atoms in total. The van der Waals surface area contributed by atoms with Crippen LogP contribution >= 0.6 is 0 Å². The summed E-state index contributed by atoms with van der Waals surface area (Å²) in [6.07, 6.45) is 7.04. The number of hydrogen-bond acceptors (Lipinski definition) is 1. The Kier molecular flexibility index (Phi) is 3.57. The second-order valence-corrected chi connectivity index (χ2v) is 4.93. The molecule has 1 fully saturated rings. The van der Waals surface area contributed by atoms with Crippen molar-refractivity contribution in [2.45, 2.75) is 58.5 Å². The first kappa shape index (κ1) is 10.0. The second kappa shape index (κ2) is 4.27. The van der Waals surface area contributed by atoms with Crippen molar-refractivity contribution in [2.75, 3.05) is 6.61 Å². The lowest BCUT2D eigenvalue weighted by Crippen LogP contribution is -2.24. The minimum absolute atomic E-state index is 0.0530. The molecule has 1 aliphatic carbocycles. The van der Waals surface area contributed by atoms with Crippen LogP contribution in [0.15, 0.2) is 0 Å². The Morgan fingerprint density at radius 1 is 1.08 bits per heavy atom. The Morgan fingerprint density at radius 2 is 1.67 bits per heavy atom. The molecular formula is C11H22O. The minimum Gasteiger partial charge on any atom is -0.376 e. The fraction of sp³-hybridized carbons (Fsp3) is 1.00. The fourth-order valence-electron chi connectivity index (χ4n) is 1.72. The summed E-state index contributed by atoms with van der Waals surface area (Å²) in [6, 6.07) is 0. The zero-order chi connectivity index (χ0) is 9.03. The largest absolute Gasteiger partial charge is 0.376 e. The molecular weight excluding hydrogens is 148 g/mol. The van der Waals surface area contributed by atoms with Crippen LogP contribution in [0, 0.1) is 5.92 Å². The molecule has 0 aromatic carbocycles. The topological polar surface area (TPSA) is 9.23 Å². The lowest BCUT2D eigenvalue weighted by Gasteiger charge is -2.26. The molecule has 0 spiro atoms. The van der Waals surface area contributed by atoms with Crippen LogP contribution in [-0.4, -0.2) is 12.2 Å². The Hall–Kier alpha value is -0.0400. The summed E-state index contributed by atoms with van der Waals surface area (Å²) < 4.78 is 5.77. The molecule has 1 aliphatic rings. The van der Waals surface area contributed by atoms with Gasteiger partial charge in [-0.15, -0.1) is 0 Å². The van der Waals surface area contributed by atoms with Crippen molar-refractivity contribution >= 4 is 0 Å². The van der Waals surface area contributed by atoms with E-state index in [4.69, 9.17) is 4.74 Å². The zero-order valence-electron chi connectivity index (χ0n) is 8.73. The molecule has 1 rings (SSSR count). The number of hydrogen-bond donors (Lipinski definition) is 0. The molecule has 0 unspecified atom stereocenters. The van der Waals surface area contributed by atoms with Gasteiger partial charge in [-0.2, -0.15) is 0 Å². The van der Waals surface area contributed by atoms with Gasteiger partial charge in [-0.3, -0.25) is 0 Å². The lowest BCUT2D eigenvalue weighted by atomic mass is 9.90. The van der Waals surface area contributed by atoms with Gasteiger partial charge in [-0.05, 0) is 39.5 Å². The van der Waals surface area contributed by atoms with Crippen molar-refractivity contribution in [3.05, 3.63) is 0 Å². The molecule has 72 valence electrons. The van der Waals surface area contributed by atoms with E-state index in [2.05, 4.69) is 20.8 Å². The maximum absolute atomic E-state index is 5.77. The highest BCUT2D eigenvalue weighted by atomic mass is 16.5. The van der Waals surface area contributed by atoms with Crippen LogP contribution in [0.25, 0.3) is 0 Å². The van der Waals surface area contributed by atoms with E-state index in [1.165, 1.54) is 32.1 Å². The van der Waals surface area contributed by atoms with Gasteiger partial charge >= 0.3 is 0 Å². The van der Waals surface area contributed by atoms with E-state index in [1.807, 2.05) is 0 Å². The molecule has 0 radical (unpaired) electrons. The van der Waals surface area contributed by atoms with Crippen molar-refractivity contribution in [3.63, 3.8) is 0 Å². The summed E-state index contributed by atoms with van der Waals surface area (Å²) in [5.74, 6) is 0.845. The summed E-state index contributed by atoms with van der Waals surface area (Å²) in [6.45, 7) is 7.38. The average Bonchev–Trinajstić information content (AvgIpc) is 2.02. The van der Waals surface area contributed by atoms with E-state index in [-0.39, 0.29) is 5.60 Å². The Labute approximate surface area is 76.5 Å². The molecule has 0 N–H and O–H groups in total. The molecule has 0 aromatic heterocycles. The predicted octanol–water partition coefficient (Wildman–Crippen LogP) is 3.38. The highest BCUT2D eigenvalue weighted by Crippen LogP contribution is 2.25. The van der Waals surface area contributed by atoms with Gasteiger partial charge in [0, 0.05) is 0 Å². The molecule has 0 aromatic rings. The van der Waals surface area contributed by atoms with Gasteiger partial charge < -0.3 is 4.74 Å². The Morgan fingerprint density at radius 3 is 2.17 bits per heavy atom. The van der Waals surface area contributed by atoms with Crippen LogP contribution in [0.1, 0.15) is 52.9 Å². The van der Waals surface area contributed by atoms with Gasteiger partial charge in [-0.25, -0.2) is 0 Å². The van der Waals surface area contributed by atoms with E-state index >= 15 is 0 Å². The van der Waals surface area contributed by atoms with Gasteiger partial charge in [0.25, 0.3) is 0 Å². The second-order valence-electron chi connectivity index (χ2n) is 4.93. The smallest absolute Gasteiger partial charge is 0.0598 e. The van der Waals surface area contributed by atoms with E-state index < -0.39 is 0 Å². The monoisotopic (exact) mass is 170 g/mol. The third kappa shape index (κ3) is 4.10. The Bertz CT molecular complexity index is 117. The summed E-state index contributed by atoms with van der Waals surface area (Å²) in [5.41, 5.74) is 0.0530. The van der Waals surface area contributed by atoms with Crippen molar-refractivity contribution in [2.24, 2.45) is 5.92 Å². The first-order chi connectivity index (χ1) is 5.58. The standard InChI is InChI=1S/C11H22O/c1-11(2,3)12-9-10-7-5-4-6-8-10/h10H,4-9H2,1-3H3. The predicted molar refractivity (Wildman–Crippen MR) is 52.3 cm³/mol. The van der Waals surface area contributed by atoms with E-state index in [0.29, 0.717) is 0 Å². The van der Waals surface area contributed by atoms with Crippen LogP contribution in [0.5, 0.6) is 0 Å². The summed E-state index contributed by atoms with van der Waals surface area (Å²) >= 11 is 0. The minimum atomic E-state index is 0.0530. The van der Waals surface area contributed by atoms with Crippen molar-refractivity contribution in [3.8, 4) is 0 Å². The van der Waals surface area contributed by atoms with Crippen LogP contribution < -0.4 is 0 Å². The highest BCUT2D eigenvalue weighted by Gasteiger charge is 2.17. The summed E-state index contributed by atoms with van der Waals surface area (Å²) in [4.78, 5) is 0. The third-order valence-electron chi connectivity index (χ3n) is 2.48. The molecule has 0 heterocycles. The van der Waals surface area contributed by atoms with Crippen molar-refractivity contribution in [1.29, 1.82) is 0 Å². The molecule has 0 atom stereocenters. The van der Waals surface area contributed by atoms with E-state index in [1.54, 1.807) is 0 Å². The van der Waals surface area contributed by atoms with Gasteiger partial charge in [-0.1, -0.05) is 19.3 Å². The summed E-state index contributed by atoms with van der Waals surface area (Å²) in [5, 5.41) is 0. The van der Waals surface area contributed by atoms with Gasteiger partial charge in [0.1, 0.15) is 0 Å². The number of ether oxygens (including phenoxy) is 1.